The van der Waals surface area contributed by atoms with Gasteiger partial charge in [0.25, 0.3) is 5.91 Å². The number of amides is 2. The minimum Gasteiger partial charge on any atom is -0.368 e. The second-order valence-corrected chi connectivity index (χ2v) is 8.20. The Morgan fingerprint density at radius 2 is 1.44 bits per heavy atom. The summed E-state index contributed by atoms with van der Waals surface area (Å²) in [7, 11) is 0. The van der Waals surface area contributed by atoms with Gasteiger partial charge < -0.3 is 11.1 Å². The van der Waals surface area contributed by atoms with Crippen molar-refractivity contribution in [3.05, 3.63) is 35.4 Å². The first-order valence-corrected chi connectivity index (χ1v) is 10.5. The van der Waals surface area contributed by atoms with Crippen molar-refractivity contribution in [1.82, 2.24) is 10.2 Å². The summed E-state index contributed by atoms with van der Waals surface area (Å²) in [5.74, 6) is -0.604. The molecule has 1 aromatic rings. The highest BCUT2D eigenvalue weighted by molar-refractivity contribution is 5.98. The van der Waals surface area contributed by atoms with Crippen molar-refractivity contribution in [2.45, 2.75) is 76.3 Å². The van der Waals surface area contributed by atoms with Crippen LogP contribution in [-0.2, 0) is 11.3 Å². The number of hydrogen-bond acceptors (Lipinski definition) is 3. The van der Waals surface area contributed by atoms with Crippen LogP contribution in [-0.4, -0.2) is 35.3 Å². The molecular weight excluding hydrogens is 338 g/mol. The van der Waals surface area contributed by atoms with E-state index in [1.165, 1.54) is 31.2 Å². The molecule has 2 aliphatic rings. The largest absolute Gasteiger partial charge is 0.368 e. The van der Waals surface area contributed by atoms with E-state index in [0.717, 1.165) is 45.3 Å². The van der Waals surface area contributed by atoms with Crippen molar-refractivity contribution >= 4 is 11.8 Å². The first-order valence-electron chi connectivity index (χ1n) is 10.5. The maximum Gasteiger partial charge on any atom is 0.252 e. The summed E-state index contributed by atoms with van der Waals surface area (Å²) in [6.07, 6.45) is 10.5. The van der Waals surface area contributed by atoms with E-state index in [9.17, 15) is 9.59 Å². The Morgan fingerprint density at radius 1 is 0.889 bits per heavy atom. The SMILES string of the molecule is NC(=O)C1(NC(=O)c2ccc(CN3CCCCCC3)cc2)CCCCCC1. The Morgan fingerprint density at radius 3 is 2.00 bits per heavy atom. The lowest BCUT2D eigenvalue weighted by Gasteiger charge is -2.30. The Balaban J connectivity index is 1.63. The van der Waals surface area contributed by atoms with Gasteiger partial charge >= 0.3 is 0 Å². The lowest BCUT2D eigenvalue weighted by Crippen LogP contribution is -2.57. The van der Waals surface area contributed by atoms with Gasteiger partial charge in [0.15, 0.2) is 0 Å². The van der Waals surface area contributed by atoms with E-state index in [2.05, 4.69) is 10.2 Å². The minimum absolute atomic E-state index is 0.197. The molecule has 0 atom stereocenters. The zero-order valence-electron chi connectivity index (χ0n) is 16.3. The van der Waals surface area contributed by atoms with Crippen molar-refractivity contribution in [1.29, 1.82) is 0 Å². The van der Waals surface area contributed by atoms with Crippen LogP contribution in [0.4, 0.5) is 0 Å². The highest BCUT2D eigenvalue weighted by Crippen LogP contribution is 2.27. The first kappa shape index (κ1) is 19.9. The predicted molar refractivity (Wildman–Crippen MR) is 107 cm³/mol. The van der Waals surface area contributed by atoms with Crippen molar-refractivity contribution in [3.8, 4) is 0 Å². The standard InChI is InChI=1S/C22H33N3O2/c23-21(27)22(13-5-1-2-6-14-22)24-20(26)19-11-9-18(10-12-19)17-25-15-7-3-4-8-16-25/h9-12H,1-8,13-17H2,(H2,23,27)(H,24,26). The predicted octanol–water partition coefficient (Wildman–Crippen LogP) is 3.37. The summed E-state index contributed by atoms with van der Waals surface area (Å²) in [5, 5.41) is 2.97. The summed E-state index contributed by atoms with van der Waals surface area (Å²) in [6.45, 7) is 3.25. The van der Waals surface area contributed by atoms with Crippen LogP contribution in [0.1, 0.15) is 80.1 Å². The summed E-state index contributed by atoms with van der Waals surface area (Å²) in [5.41, 5.74) is 6.62. The third-order valence-corrected chi connectivity index (χ3v) is 6.10. The number of carbonyl (C=O) groups excluding carboxylic acids is 2. The van der Waals surface area contributed by atoms with Crippen molar-refractivity contribution < 1.29 is 9.59 Å². The molecule has 2 amide bonds. The Labute approximate surface area is 162 Å². The molecule has 5 nitrogen and oxygen atoms in total. The van der Waals surface area contributed by atoms with Crippen LogP contribution < -0.4 is 11.1 Å². The molecule has 0 aromatic heterocycles. The quantitative estimate of drug-likeness (QED) is 0.779. The van der Waals surface area contributed by atoms with E-state index in [-0.39, 0.29) is 5.91 Å². The van der Waals surface area contributed by atoms with Crippen LogP contribution in [0.2, 0.25) is 0 Å². The molecule has 0 unspecified atom stereocenters. The number of primary amides is 1. The van der Waals surface area contributed by atoms with Gasteiger partial charge in [0.1, 0.15) is 5.54 Å². The van der Waals surface area contributed by atoms with Crippen LogP contribution >= 0.6 is 0 Å². The second kappa shape index (κ2) is 9.36. The fraction of sp³-hybridized carbons (Fsp3) is 0.636. The first-order chi connectivity index (χ1) is 13.1. The fourth-order valence-corrected chi connectivity index (χ4v) is 4.37. The molecule has 27 heavy (non-hydrogen) atoms. The smallest absolute Gasteiger partial charge is 0.252 e. The number of nitrogens with two attached hydrogens (primary N) is 1. The maximum atomic E-state index is 12.8. The highest BCUT2D eigenvalue weighted by Gasteiger charge is 2.38. The maximum absolute atomic E-state index is 12.8. The number of carbonyl (C=O) groups is 2. The Bertz CT molecular complexity index is 625. The number of nitrogens with zero attached hydrogens (tertiary/aromatic N) is 1. The topological polar surface area (TPSA) is 75.4 Å². The molecule has 0 spiro atoms. The minimum atomic E-state index is -0.891. The summed E-state index contributed by atoms with van der Waals surface area (Å²) in [4.78, 5) is 27.3. The molecule has 1 aliphatic carbocycles. The molecule has 1 saturated heterocycles. The van der Waals surface area contributed by atoms with Crippen LogP contribution in [0.25, 0.3) is 0 Å². The molecular formula is C22H33N3O2. The lowest BCUT2D eigenvalue weighted by molar-refractivity contribution is -0.124. The second-order valence-electron chi connectivity index (χ2n) is 8.20. The van der Waals surface area contributed by atoms with Crippen LogP contribution in [0.5, 0.6) is 0 Å². The number of rotatable bonds is 5. The van der Waals surface area contributed by atoms with Gasteiger partial charge in [0.2, 0.25) is 5.91 Å². The number of likely N-dealkylation sites (tertiary alicyclic amines) is 1. The van der Waals surface area contributed by atoms with Crippen molar-refractivity contribution in [3.63, 3.8) is 0 Å². The van der Waals surface area contributed by atoms with E-state index in [4.69, 9.17) is 5.73 Å². The monoisotopic (exact) mass is 371 g/mol. The normalized spacial score (nSPS) is 21.0. The Hall–Kier alpha value is -1.88. The molecule has 0 radical (unpaired) electrons. The number of hydrogen-bond donors (Lipinski definition) is 2. The highest BCUT2D eigenvalue weighted by atomic mass is 16.2. The number of nitrogens with one attached hydrogen (secondary N) is 1. The van der Waals surface area contributed by atoms with E-state index in [1.807, 2.05) is 24.3 Å². The molecule has 1 aliphatic heterocycles. The molecule has 1 saturated carbocycles. The van der Waals surface area contributed by atoms with E-state index in [1.54, 1.807) is 0 Å². The van der Waals surface area contributed by atoms with Crippen LogP contribution in [0, 0.1) is 0 Å². The molecule has 3 N–H and O–H groups in total. The molecule has 148 valence electrons. The lowest BCUT2D eigenvalue weighted by atomic mass is 9.89. The summed E-state index contributed by atoms with van der Waals surface area (Å²) < 4.78 is 0. The van der Waals surface area contributed by atoms with Crippen LogP contribution in [0.3, 0.4) is 0 Å². The third kappa shape index (κ3) is 5.32. The molecule has 0 bridgehead atoms. The molecule has 1 aromatic carbocycles. The van der Waals surface area contributed by atoms with Crippen molar-refractivity contribution in [2.75, 3.05) is 13.1 Å². The third-order valence-electron chi connectivity index (χ3n) is 6.10. The summed E-state index contributed by atoms with van der Waals surface area (Å²) in [6, 6.07) is 7.80. The van der Waals surface area contributed by atoms with Gasteiger partial charge in [-0.15, -0.1) is 0 Å². The molecule has 5 heteroatoms. The summed E-state index contributed by atoms with van der Waals surface area (Å²) >= 11 is 0. The van der Waals surface area contributed by atoms with Gasteiger partial charge in [-0.1, -0.05) is 50.7 Å². The van der Waals surface area contributed by atoms with Gasteiger partial charge in [-0.25, -0.2) is 0 Å². The number of benzene rings is 1. The van der Waals surface area contributed by atoms with E-state index < -0.39 is 11.4 Å². The molecule has 2 fully saturated rings. The Kier molecular flexibility index (Phi) is 6.89. The fourth-order valence-electron chi connectivity index (χ4n) is 4.37. The average Bonchev–Trinajstić information content (AvgIpc) is 3.06. The zero-order valence-corrected chi connectivity index (χ0v) is 16.3. The van der Waals surface area contributed by atoms with Gasteiger partial charge in [0, 0.05) is 12.1 Å². The average molecular weight is 372 g/mol. The molecule has 3 rings (SSSR count). The van der Waals surface area contributed by atoms with Crippen LogP contribution in [0.15, 0.2) is 24.3 Å². The van der Waals surface area contributed by atoms with E-state index in [0.29, 0.717) is 18.4 Å². The van der Waals surface area contributed by atoms with Gasteiger partial charge in [-0.3, -0.25) is 14.5 Å². The van der Waals surface area contributed by atoms with Crippen molar-refractivity contribution in [2.24, 2.45) is 5.73 Å². The van der Waals surface area contributed by atoms with Gasteiger partial charge in [0.05, 0.1) is 0 Å². The van der Waals surface area contributed by atoms with Gasteiger partial charge in [-0.05, 0) is 56.5 Å². The van der Waals surface area contributed by atoms with E-state index >= 15 is 0 Å². The zero-order chi connectivity index (χ0) is 19.1. The molecule has 1 heterocycles. The van der Waals surface area contributed by atoms with Gasteiger partial charge in [-0.2, -0.15) is 0 Å².